The normalized spacial score (nSPS) is 11.6. The molecule has 0 aliphatic heterocycles. The number of sulfonamides is 1. The lowest BCUT2D eigenvalue weighted by molar-refractivity contribution is 0.582. The zero-order valence-electron chi connectivity index (χ0n) is 8.53. The number of benzene rings is 1. The highest BCUT2D eigenvalue weighted by Gasteiger charge is 2.08. The van der Waals surface area contributed by atoms with Crippen LogP contribution in [0.2, 0.25) is 0 Å². The molecule has 0 saturated carbocycles. The van der Waals surface area contributed by atoms with Gasteiger partial charge in [-0.05, 0) is 18.1 Å². The largest absolute Gasteiger partial charge is 0.213 e. The molecule has 0 aliphatic rings. The molecule has 0 spiro atoms. The van der Waals surface area contributed by atoms with E-state index in [-0.39, 0.29) is 11.6 Å². The monoisotopic (exact) mass is 247 g/mol. The molecule has 0 radical (unpaired) electrons. The fourth-order valence-corrected chi connectivity index (χ4v) is 2.50. The maximum absolute atomic E-state index is 11.3. The standard InChI is InChI=1S/C10H14ClNO2S/c1-9-4-2-3-5-10(9)8-12-15(13,14)7-6-11/h2-5,12H,6-8H2,1H3. The van der Waals surface area contributed by atoms with Crippen molar-refractivity contribution in [2.45, 2.75) is 13.5 Å². The van der Waals surface area contributed by atoms with E-state index in [2.05, 4.69) is 4.72 Å². The SMILES string of the molecule is Cc1ccccc1CNS(=O)(=O)CCCl. The predicted octanol–water partition coefficient (Wildman–Crippen LogP) is 1.65. The number of hydrogen-bond donors (Lipinski definition) is 1. The van der Waals surface area contributed by atoms with Gasteiger partial charge in [0.2, 0.25) is 10.0 Å². The molecule has 0 atom stereocenters. The third kappa shape index (κ3) is 4.20. The van der Waals surface area contributed by atoms with Crippen LogP contribution < -0.4 is 4.72 Å². The van der Waals surface area contributed by atoms with Gasteiger partial charge in [-0.25, -0.2) is 13.1 Å². The van der Waals surface area contributed by atoms with Crippen molar-refractivity contribution in [2.75, 3.05) is 11.6 Å². The average molecular weight is 248 g/mol. The molecule has 0 saturated heterocycles. The summed E-state index contributed by atoms with van der Waals surface area (Å²) in [4.78, 5) is 0. The second kappa shape index (κ2) is 5.49. The molecule has 84 valence electrons. The first kappa shape index (κ1) is 12.5. The fraction of sp³-hybridized carbons (Fsp3) is 0.400. The Labute approximate surface area is 95.5 Å². The summed E-state index contributed by atoms with van der Waals surface area (Å²) in [6, 6.07) is 7.66. The van der Waals surface area contributed by atoms with Gasteiger partial charge >= 0.3 is 0 Å². The molecule has 3 nitrogen and oxygen atoms in total. The van der Waals surface area contributed by atoms with Gasteiger partial charge in [0, 0.05) is 12.4 Å². The molecule has 0 heterocycles. The van der Waals surface area contributed by atoms with Gasteiger partial charge in [-0.15, -0.1) is 11.6 Å². The van der Waals surface area contributed by atoms with Crippen molar-refractivity contribution in [3.63, 3.8) is 0 Å². The lowest BCUT2D eigenvalue weighted by Gasteiger charge is -2.07. The molecular formula is C10H14ClNO2S. The zero-order chi connectivity index (χ0) is 11.3. The van der Waals surface area contributed by atoms with Gasteiger partial charge in [-0.1, -0.05) is 24.3 Å². The maximum Gasteiger partial charge on any atom is 0.213 e. The highest BCUT2D eigenvalue weighted by atomic mass is 35.5. The topological polar surface area (TPSA) is 46.2 Å². The minimum Gasteiger partial charge on any atom is -0.212 e. The minimum atomic E-state index is -3.23. The van der Waals surface area contributed by atoms with Crippen LogP contribution in [0.25, 0.3) is 0 Å². The van der Waals surface area contributed by atoms with E-state index in [9.17, 15) is 8.42 Å². The number of nitrogens with one attached hydrogen (secondary N) is 1. The highest BCUT2D eigenvalue weighted by Crippen LogP contribution is 2.06. The number of halogens is 1. The molecule has 0 aromatic heterocycles. The van der Waals surface area contributed by atoms with Gasteiger partial charge < -0.3 is 0 Å². The molecule has 1 N–H and O–H groups in total. The minimum absolute atomic E-state index is 0.0412. The summed E-state index contributed by atoms with van der Waals surface area (Å²) in [5.74, 6) is 0.0730. The van der Waals surface area contributed by atoms with Crippen LogP contribution in [-0.4, -0.2) is 20.1 Å². The molecule has 0 aliphatic carbocycles. The third-order valence-electron chi connectivity index (χ3n) is 2.09. The Bertz CT molecular complexity index is 417. The van der Waals surface area contributed by atoms with Crippen LogP contribution in [0.4, 0.5) is 0 Å². The molecule has 0 fully saturated rings. The predicted molar refractivity (Wildman–Crippen MR) is 62.5 cm³/mol. The van der Waals surface area contributed by atoms with Crippen molar-refractivity contribution in [3.8, 4) is 0 Å². The van der Waals surface area contributed by atoms with E-state index in [0.29, 0.717) is 6.54 Å². The van der Waals surface area contributed by atoms with E-state index < -0.39 is 10.0 Å². The van der Waals surface area contributed by atoms with Crippen molar-refractivity contribution in [1.82, 2.24) is 4.72 Å². The molecule has 1 rings (SSSR count). The second-order valence-corrected chi connectivity index (χ2v) is 5.56. The maximum atomic E-state index is 11.3. The number of rotatable bonds is 5. The van der Waals surface area contributed by atoms with Crippen molar-refractivity contribution in [3.05, 3.63) is 35.4 Å². The quantitative estimate of drug-likeness (QED) is 0.805. The lowest BCUT2D eigenvalue weighted by Crippen LogP contribution is -2.26. The van der Waals surface area contributed by atoms with Crippen molar-refractivity contribution in [2.24, 2.45) is 0 Å². The van der Waals surface area contributed by atoms with Crippen LogP contribution in [-0.2, 0) is 16.6 Å². The highest BCUT2D eigenvalue weighted by molar-refractivity contribution is 7.89. The molecule has 5 heteroatoms. The van der Waals surface area contributed by atoms with Crippen LogP contribution in [0.5, 0.6) is 0 Å². The summed E-state index contributed by atoms with van der Waals surface area (Å²) in [5.41, 5.74) is 2.06. The van der Waals surface area contributed by atoms with Crippen LogP contribution in [0.1, 0.15) is 11.1 Å². The Balaban J connectivity index is 2.62. The second-order valence-electron chi connectivity index (χ2n) is 3.26. The van der Waals surface area contributed by atoms with Gasteiger partial charge in [0.1, 0.15) is 0 Å². The first-order valence-corrected chi connectivity index (χ1v) is 6.81. The fourth-order valence-electron chi connectivity index (χ4n) is 1.17. The van der Waals surface area contributed by atoms with Gasteiger partial charge in [0.25, 0.3) is 0 Å². The van der Waals surface area contributed by atoms with Crippen LogP contribution >= 0.6 is 11.6 Å². The molecule has 0 amide bonds. The summed E-state index contributed by atoms with van der Waals surface area (Å²) < 4.78 is 25.1. The molecule has 0 unspecified atom stereocenters. The molecule has 15 heavy (non-hydrogen) atoms. The van der Waals surface area contributed by atoms with Gasteiger partial charge in [-0.3, -0.25) is 0 Å². The van der Waals surface area contributed by atoms with E-state index in [1.165, 1.54) is 0 Å². The molecule has 1 aromatic carbocycles. The number of hydrogen-bond acceptors (Lipinski definition) is 2. The first-order valence-electron chi connectivity index (χ1n) is 4.63. The van der Waals surface area contributed by atoms with Crippen LogP contribution in [0.15, 0.2) is 24.3 Å². The zero-order valence-corrected chi connectivity index (χ0v) is 10.1. The summed E-state index contributed by atoms with van der Waals surface area (Å²) in [6.45, 7) is 2.27. The Kier molecular flexibility index (Phi) is 4.57. The Morgan fingerprint density at radius 3 is 2.60 bits per heavy atom. The van der Waals surface area contributed by atoms with Crippen LogP contribution in [0.3, 0.4) is 0 Å². The Morgan fingerprint density at radius 1 is 1.33 bits per heavy atom. The van der Waals surface area contributed by atoms with E-state index in [1.54, 1.807) is 0 Å². The van der Waals surface area contributed by atoms with Crippen molar-refractivity contribution < 1.29 is 8.42 Å². The smallest absolute Gasteiger partial charge is 0.212 e. The lowest BCUT2D eigenvalue weighted by atomic mass is 10.1. The van der Waals surface area contributed by atoms with E-state index >= 15 is 0 Å². The molecule has 0 bridgehead atoms. The van der Waals surface area contributed by atoms with E-state index in [0.717, 1.165) is 11.1 Å². The summed E-state index contributed by atoms with van der Waals surface area (Å²) >= 11 is 5.38. The summed E-state index contributed by atoms with van der Waals surface area (Å²) in [6.07, 6.45) is 0. The van der Waals surface area contributed by atoms with Gasteiger partial charge in [0.05, 0.1) is 5.75 Å². The van der Waals surface area contributed by atoms with Gasteiger partial charge in [0.15, 0.2) is 0 Å². The molecular weight excluding hydrogens is 234 g/mol. The third-order valence-corrected chi connectivity index (χ3v) is 3.83. The van der Waals surface area contributed by atoms with Crippen molar-refractivity contribution in [1.29, 1.82) is 0 Å². The van der Waals surface area contributed by atoms with Crippen molar-refractivity contribution >= 4 is 21.6 Å². The van der Waals surface area contributed by atoms with Gasteiger partial charge in [-0.2, -0.15) is 0 Å². The summed E-state index contributed by atoms with van der Waals surface area (Å²) in [7, 11) is -3.23. The molecule has 1 aromatic rings. The first-order chi connectivity index (χ1) is 7.05. The Hall–Kier alpha value is -0.580. The number of alkyl halides is 1. The summed E-state index contributed by atoms with van der Waals surface area (Å²) in [5, 5.41) is 0. The van der Waals surface area contributed by atoms with Crippen LogP contribution in [0, 0.1) is 6.92 Å². The van der Waals surface area contributed by atoms with E-state index in [1.807, 2.05) is 31.2 Å². The number of aryl methyl sites for hydroxylation is 1. The van der Waals surface area contributed by atoms with E-state index in [4.69, 9.17) is 11.6 Å². The average Bonchev–Trinajstić information content (AvgIpc) is 2.16. The Morgan fingerprint density at radius 2 is 2.00 bits per heavy atom.